The Bertz CT molecular complexity index is 826. The van der Waals surface area contributed by atoms with E-state index < -0.39 is 0 Å². The van der Waals surface area contributed by atoms with Crippen molar-refractivity contribution in [1.29, 1.82) is 0 Å². The third-order valence-corrected chi connectivity index (χ3v) is 5.39. The lowest BCUT2D eigenvalue weighted by atomic mass is 9.71. The lowest BCUT2D eigenvalue weighted by Crippen LogP contribution is -2.28. The Morgan fingerprint density at radius 2 is 2.00 bits per heavy atom. The number of benzene rings is 1. The van der Waals surface area contributed by atoms with E-state index >= 15 is 0 Å². The molecule has 1 aliphatic carbocycles. The first-order valence-electron chi connectivity index (χ1n) is 7.55. The van der Waals surface area contributed by atoms with Crippen LogP contribution in [0.25, 0.3) is 10.3 Å². The third kappa shape index (κ3) is 2.96. The van der Waals surface area contributed by atoms with Gasteiger partial charge in [0.25, 0.3) is 0 Å². The van der Waals surface area contributed by atoms with E-state index in [1.165, 1.54) is 29.7 Å². The number of halogens is 1. The first kappa shape index (κ1) is 14.7. The highest BCUT2D eigenvalue weighted by molar-refractivity contribution is 7.21. The Hall–Kier alpha value is -1.92. The lowest BCUT2D eigenvalue weighted by molar-refractivity contribution is 0.278. The van der Waals surface area contributed by atoms with Crippen LogP contribution in [0.2, 0.25) is 5.02 Å². The molecule has 3 aromatic rings. The standard InChI is InChI=1S/C16H16ClN5S/c17-12-3-1-10(2-4-12)11-5-9(6-11)7-19-14-13-15(21-8-20-14)23-16(18)22-13/h1-4,8-9,11H,5-7H2,(H2,18,22)(H,19,20,21). The number of hydrogen-bond donors (Lipinski definition) is 2. The van der Waals surface area contributed by atoms with Gasteiger partial charge in [-0.3, -0.25) is 0 Å². The number of nitrogen functional groups attached to an aromatic ring is 1. The molecule has 0 unspecified atom stereocenters. The van der Waals surface area contributed by atoms with Crippen molar-refractivity contribution in [3.8, 4) is 0 Å². The van der Waals surface area contributed by atoms with Gasteiger partial charge >= 0.3 is 0 Å². The van der Waals surface area contributed by atoms with E-state index in [1.54, 1.807) is 6.33 Å². The third-order valence-electron chi connectivity index (χ3n) is 4.35. The van der Waals surface area contributed by atoms with Crippen LogP contribution in [0.4, 0.5) is 10.9 Å². The van der Waals surface area contributed by atoms with Gasteiger partial charge in [-0.25, -0.2) is 15.0 Å². The highest BCUT2D eigenvalue weighted by atomic mass is 35.5. The molecule has 3 N–H and O–H groups in total. The molecule has 1 fully saturated rings. The predicted octanol–water partition coefficient (Wildman–Crippen LogP) is 3.93. The Kier molecular flexibility index (Phi) is 3.79. The van der Waals surface area contributed by atoms with Crippen LogP contribution in [0, 0.1) is 5.92 Å². The molecule has 4 rings (SSSR count). The number of fused-ring (bicyclic) bond motifs is 1. The Labute approximate surface area is 142 Å². The number of thiazole rings is 1. The molecule has 0 radical (unpaired) electrons. The summed E-state index contributed by atoms with van der Waals surface area (Å²) in [5.74, 6) is 2.06. The number of hydrogen-bond acceptors (Lipinski definition) is 6. The highest BCUT2D eigenvalue weighted by Crippen LogP contribution is 2.42. The molecular weight excluding hydrogens is 330 g/mol. The summed E-state index contributed by atoms with van der Waals surface area (Å²) in [5, 5.41) is 4.72. The van der Waals surface area contributed by atoms with Gasteiger partial charge in [0, 0.05) is 11.6 Å². The molecule has 0 aliphatic heterocycles. The van der Waals surface area contributed by atoms with Crippen LogP contribution in [-0.4, -0.2) is 21.5 Å². The molecule has 2 heterocycles. The fourth-order valence-corrected chi connectivity index (χ4v) is 3.85. The molecule has 0 bridgehead atoms. The molecule has 118 valence electrons. The maximum atomic E-state index is 5.94. The van der Waals surface area contributed by atoms with Gasteiger partial charge in [0.05, 0.1) is 0 Å². The van der Waals surface area contributed by atoms with Crippen molar-refractivity contribution in [2.24, 2.45) is 5.92 Å². The summed E-state index contributed by atoms with van der Waals surface area (Å²) in [6.45, 7) is 0.896. The van der Waals surface area contributed by atoms with Crippen LogP contribution in [0.1, 0.15) is 24.3 Å². The maximum Gasteiger partial charge on any atom is 0.182 e. The van der Waals surface area contributed by atoms with Crippen molar-refractivity contribution >= 4 is 44.2 Å². The molecule has 2 aromatic heterocycles. The highest BCUT2D eigenvalue weighted by Gasteiger charge is 2.30. The van der Waals surface area contributed by atoms with Gasteiger partial charge in [0.2, 0.25) is 0 Å². The topological polar surface area (TPSA) is 76.7 Å². The number of nitrogens with zero attached hydrogens (tertiary/aromatic N) is 3. The Morgan fingerprint density at radius 3 is 2.78 bits per heavy atom. The molecule has 1 saturated carbocycles. The van der Waals surface area contributed by atoms with E-state index in [-0.39, 0.29) is 0 Å². The summed E-state index contributed by atoms with van der Waals surface area (Å²) in [5.41, 5.74) is 7.89. The van der Waals surface area contributed by atoms with Crippen molar-refractivity contribution < 1.29 is 0 Å². The molecule has 5 nitrogen and oxygen atoms in total. The maximum absolute atomic E-state index is 5.94. The van der Waals surface area contributed by atoms with Crippen molar-refractivity contribution in [3.63, 3.8) is 0 Å². The smallest absolute Gasteiger partial charge is 0.182 e. The second kappa shape index (κ2) is 5.94. The van der Waals surface area contributed by atoms with E-state index in [2.05, 4.69) is 32.4 Å². The number of aromatic nitrogens is 3. The molecule has 0 saturated heterocycles. The minimum Gasteiger partial charge on any atom is -0.375 e. The zero-order valence-corrected chi connectivity index (χ0v) is 13.9. The molecule has 0 atom stereocenters. The van der Waals surface area contributed by atoms with Crippen LogP contribution >= 0.6 is 22.9 Å². The average molecular weight is 346 g/mol. The summed E-state index contributed by atoms with van der Waals surface area (Å²) in [6.07, 6.45) is 3.92. The summed E-state index contributed by atoms with van der Waals surface area (Å²) in [4.78, 5) is 13.6. The van der Waals surface area contributed by atoms with E-state index in [1.807, 2.05) is 12.1 Å². The molecule has 0 spiro atoms. The number of rotatable bonds is 4. The largest absolute Gasteiger partial charge is 0.375 e. The minimum absolute atomic E-state index is 0.523. The molecule has 1 aromatic carbocycles. The predicted molar refractivity (Wildman–Crippen MR) is 95.0 cm³/mol. The quantitative estimate of drug-likeness (QED) is 0.749. The SMILES string of the molecule is Nc1nc2c(NCC3CC(c4ccc(Cl)cc4)C3)ncnc2s1. The molecule has 0 amide bonds. The molecular formula is C16H16ClN5S. The van der Waals surface area contributed by atoms with Crippen molar-refractivity contribution in [2.75, 3.05) is 17.6 Å². The van der Waals surface area contributed by atoms with Crippen LogP contribution in [0.5, 0.6) is 0 Å². The van der Waals surface area contributed by atoms with Crippen molar-refractivity contribution in [3.05, 3.63) is 41.2 Å². The summed E-state index contributed by atoms with van der Waals surface area (Å²) in [6, 6.07) is 8.19. The monoisotopic (exact) mass is 345 g/mol. The molecule has 23 heavy (non-hydrogen) atoms. The summed E-state index contributed by atoms with van der Waals surface area (Å²) in [7, 11) is 0. The van der Waals surface area contributed by atoms with Gasteiger partial charge in [-0.1, -0.05) is 35.1 Å². The van der Waals surface area contributed by atoms with E-state index in [9.17, 15) is 0 Å². The van der Waals surface area contributed by atoms with Gasteiger partial charge < -0.3 is 11.1 Å². The average Bonchev–Trinajstić information content (AvgIpc) is 2.88. The van der Waals surface area contributed by atoms with Gasteiger partial charge in [-0.15, -0.1) is 0 Å². The van der Waals surface area contributed by atoms with Crippen LogP contribution in [0.3, 0.4) is 0 Å². The van der Waals surface area contributed by atoms with Crippen LogP contribution in [0.15, 0.2) is 30.6 Å². The fraction of sp³-hybridized carbons (Fsp3) is 0.312. The van der Waals surface area contributed by atoms with E-state index in [0.29, 0.717) is 17.0 Å². The Balaban J connectivity index is 1.36. The normalized spacial score (nSPS) is 20.4. The molecule has 1 aliphatic rings. The van der Waals surface area contributed by atoms with Crippen molar-refractivity contribution in [2.45, 2.75) is 18.8 Å². The van der Waals surface area contributed by atoms with Gasteiger partial charge in [0.1, 0.15) is 11.8 Å². The Morgan fingerprint density at radius 1 is 1.22 bits per heavy atom. The fourth-order valence-electron chi connectivity index (χ4n) is 3.05. The van der Waals surface area contributed by atoms with Crippen LogP contribution < -0.4 is 11.1 Å². The lowest BCUT2D eigenvalue weighted by Gasteiger charge is -2.36. The zero-order chi connectivity index (χ0) is 15.8. The number of anilines is 2. The van der Waals surface area contributed by atoms with Crippen molar-refractivity contribution in [1.82, 2.24) is 15.0 Å². The van der Waals surface area contributed by atoms with Gasteiger partial charge in [0.15, 0.2) is 15.8 Å². The zero-order valence-electron chi connectivity index (χ0n) is 12.4. The second-order valence-electron chi connectivity index (χ2n) is 5.89. The molecule has 7 heteroatoms. The van der Waals surface area contributed by atoms with E-state index in [0.717, 1.165) is 27.7 Å². The number of nitrogens with two attached hydrogens (primary N) is 1. The first-order valence-corrected chi connectivity index (χ1v) is 8.75. The summed E-state index contributed by atoms with van der Waals surface area (Å²) < 4.78 is 0. The van der Waals surface area contributed by atoms with Gasteiger partial charge in [-0.05, 0) is 42.4 Å². The second-order valence-corrected chi connectivity index (χ2v) is 7.34. The minimum atomic E-state index is 0.523. The van der Waals surface area contributed by atoms with E-state index in [4.69, 9.17) is 17.3 Å². The number of nitrogens with one attached hydrogen (secondary N) is 1. The van der Waals surface area contributed by atoms with Gasteiger partial charge in [-0.2, -0.15) is 0 Å². The summed E-state index contributed by atoms with van der Waals surface area (Å²) >= 11 is 7.32. The van der Waals surface area contributed by atoms with Crippen LogP contribution in [-0.2, 0) is 0 Å². The first-order chi connectivity index (χ1) is 11.2.